The summed E-state index contributed by atoms with van der Waals surface area (Å²) in [5.74, 6) is -1.72. The van der Waals surface area contributed by atoms with E-state index in [0.29, 0.717) is 37.9 Å². The van der Waals surface area contributed by atoms with Gasteiger partial charge in [0.15, 0.2) is 18.1 Å². The third-order valence-electron chi connectivity index (χ3n) is 5.73. The Labute approximate surface area is 234 Å². The van der Waals surface area contributed by atoms with Crippen LogP contribution in [0.4, 0.5) is 11.4 Å². The number of nitrogens with zero attached hydrogens (tertiary/aromatic N) is 2. The Morgan fingerprint density at radius 3 is 2.33 bits per heavy atom. The fourth-order valence-corrected chi connectivity index (χ4v) is 4.20. The molecule has 1 N–H and O–H groups in total. The lowest BCUT2D eigenvalue weighted by Crippen LogP contribution is -2.24. The van der Waals surface area contributed by atoms with Crippen molar-refractivity contribution >= 4 is 63.3 Å². The highest BCUT2D eigenvalue weighted by atomic mass is 35.5. The molecular formula is C29H23Cl2N3O5. The van der Waals surface area contributed by atoms with Gasteiger partial charge in [0.2, 0.25) is 11.5 Å². The van der Waals surface area contributed by atoms with E-state index in [9.17, 15) is 14.4 Å². The van der Waals surface area contributed by atoms with Crippen LogP contribution in [-0.2, 0) is 14.3 Å². The molecule has 0 aliphatic rings. The number of carbonyl (C=O) groups is 3. The summed E-state index contributed by atoms with van der Waals surface area (Å²) in [4.78, 5) is 45.4. The molecule has 10 heteroatoms. The van der Waals surface area contributed by atoms with Crippen molar-refractivity contribution < 1.29 is 23.5 Å². The van der Waals surface area contributed by atoms with Gasteiger partial charge in [0.25, 0.3) is 5.91 Å². The number of esters is 1. The zero-order chi connectivity index (χ0) is 28.5. The van der Waals surface area contributed by atoms with Crippen molar-refractivity contribution in [2.45, 2.75) is 27.7 Å². The van der Waals surface area contributed by atoms with Crippen LogP contribution >= 0.6 is 23.2 Å². The predicted molar refractivity (Wildman–Crippen MR) is 150 cm³/mol. The molecular weight excluding hydrogens is 541 g/mol. The van der Waals surface area contributed by atoms with Crippen LogP contribution in [0.15, 0.2) is 52.9 Å². The first-order valence-corrected chi connectivity index (χ1v) is 12.5. The maximum absolute atomic E-state index is 13.4. The van der Waals surface area contributed by atoms with Crippen molar-refractivity contribution in [1.82, 2.24) is 4.98 Å². The molecule has 0 aliphatic carbocycles. The average molecular weight is 564 g/mol. The number of fused-ring (bicyclic) bond motifs is 1. The first-order chi connectivity index (χ1) is 18.4. The molecule has 8 nitrogen and oxygen atoms in total. The van der Waals surface area contributed by atoms with Crippen LogP contribution in [0.5, 0.6) is 0 Å². The lowest BCUT2D eigenvalue weighted by molar-refractivity contribution is -0.144. The Hall–Kier alpha value is -4.19. The summed E-state index contributed by atoms with van der Waals surface area (Å²) < 4.78 is 10.8. The Morgan fingerprint density at radius 1 is 1.05 bits per heavy atom. The number of Topliss-reactive ketones (excluding diaryl/α,β-unsaturated/α-hetero) is 1. The minimum Gasteiger partial charge on any atom is -0.456 e. The van der Waals surface area contributed by atoms with Gasteiger partial charge in [0.1, 0.15) is 5.69 Å². The average Bonchev–Trinajstić information content (AvgIpc) is 3.22. The first-order valence-electron chi connectivity index (χ1n) is 11.8. The number of benzene rings is 2. The van der Waals surface area contributed by atoms with Gasteiger partial charge in [-0.2, -0.15) is 0 Å². The quantitative estimate of drug-likeness (QED) is 0.146. The van der Waals surface area contributed by atoms with Crippen LogP contribution in [0.25, 0.3) is 38.3 Å². The number of amides is 1. The highest BCUT2D eigenvalue weighted by Gasteiger charge is 2.32. The monoisotopic (exact) mass is 563 g/mol. The van der Waals surface area contributed by atoms with E-state index in [0.717, 1.165) is 5.56 Å². The van der Waals surface area contributed by atoms with Gasteiger partial charge in [0.05, 0.1) is 17.7 Å². The number of furan rings is 1. The zero-order valence-electron chi connectivity index (χ0n) is 21.5. The van der Waals surface area contributed by atoms with Gasteiger partial charge in [-0.1, -0.05) is 68.2 Å². The number of ketones is 1. The third-order valence-corrected chi connectivity index (χ3v) is 6.30. The second-order valence-corrected chi connectivity index (χ2v) is 10.6. The summed E-state index contributed by atoms with van der Waals surface area (Å²) in [7, 11) is 0. The molecule has 1 amide bonds. The smallest absolute Gasteiger partial charge is 0.303 e. The molecule has 0 bridgehead atoms. The van der Waals surface area contributed by atoms with E-state index in [1.807, 2.05) is 0 Å². The second kappa shape index (κ2) is 10.9. The minimum absolute atomic E-state index is 0.0865. The number of halogens is 2. The lowest BCUT2D eigenvalue weighted by Gasteiger charge is -2.15. The molecule has 0 saturated carbocycles. The molecule has 2 aromatic heterocycles. The predicted octanol–water partition coefficient (Wildman–Crippen LogP) is 7.75. The van der Waals surface area contributed by atoms with Gasteiger partial charge in [0, 0.05) is 33.5 Å². The number of anilines is 1. The number of aromatic nitrogens is 1. The number of pyridine rings is 1. The molecule has 0 atom stereocenters. The van der Waals surface area contributed by atoms with Crippen LogP contribution in [0, 0.1) is 12.0 Å². The molecule has 2 heterocycles. The summed E-state index contributed by atoms with van der Waals surface area (Å²) in [6.07, 6.45) is 0. The van der Waals surface area contributed by atoms with Crippen LogP contribution in [-0.4, -0.2) is 29.3 Å². The van der Waals surface area contributed by atoms with E-state index in [1.54, 1.807) is 69.3 Å². The van der Waals surface area contributed by atoms with E-state index in [4.69, 9.17) is 43.9 Å². The Kier molecular flexibility index (Phi) is 7.77. The Bertz CT molecular complexity index is 1660. The SMILES string of the molecule is [C-]#[N+]c1ccc(-c2nc3oc(C(=O)C(C)(C)C)c(NC(=O)COC(C)=O)c3cc2-c2ccc(Cl)cc2)c(Cl)c1. The molecule has 0 radical (unpaired) electrons. The van der Waals surface area contributed by atoms with E-state index < -0.39 is 23.9 Å². The van der Waals surface area contributed by atoms with E-state index in [2.05, 4.69) is 10.2 Å². The van der Waals surface area contributed by atoms with Gasteiger partial charge in [-0.3, -0.25) is 14.4 Å². The molecule has 0 aliphatic heterocycles. The van der Waals surface area contributed by atoms with Gasteiger partial charge >= 0.3 is 5.97 Å². The van der Waals surface area contributed by atoms with Crippen LogP contribution in [0.2, 0.25) is 10.0 Å². The summed E-state index contributed by atoms with van der Waals surface area (Å²) in [6.45, 7) is 13.1. The second-order valence-electron chi connectivity index (χ2n) is 9.73. The summed E-state index contributed by atoms with van der Waals surface area (Å²) in [5.41, 5.74) is 2.05. The number of carbonyl (C=O) groups excluding carboxylic acids is 3. The van der Waals surface area contributed by atoms with Crippen LogP contribution in [0.3, 0.4) is 0 Å². The molecule has 0 fully saturated rings. The van der Waals surface area contributed by atoms with E-state index >= 15 is 0 Å². The first kappa shape index (κ1) is 27.8. The standard InChI is InChI=1S/C29H23Cl2N3O5/c1-15(35)38-14-23(36)33-25-21-13-20(16-6-8-17(30)9-7-16)24(19-11-10-18(32-5)12-22(19)31)34-28(21)39-26(25)27(37)29(2,3)4/h6-13H,14H2,1-4H3,(H,33,36). The van der Waals surface area contributed by atoms with Crippen LogP contribution in [0.1, 0.15) is 38.2 Å². The van der Waals surface area contributed by atoms with Crippen molar-refractivity contribution in [2.24, 2.45) is 5.41 Å². The van der Waals surface area contributed by atoms with Gasteiger partial charge < -0.3 is 14.5 Å². The normalized spacial score (nSPS) is 11.2. The highest BCUT2D eigenvalue weighted by molar-refractivity contribution is 6.34. The maximum Gasteiger partial charge on any atom is 0.303 e. The van der Waals surface area contributed by atoms with Gasteiger partial charge in [-0.05, 0) is 29.8 Å². The zero-order valence-corrected chi connectivity index (χ0v) is 23.0. The van der Waals surface area contributed by atoms with Crippen molar-refractivity contribution in [3.8, 4) is 22.4 Å². The molecule has 198 valence electrons. The molecule has 0 spiro atoms. The van der Waals surface area contributed by atoms with Crippen LogP contribution < -0.4 is 5.32 Å². The Morgan fingerprint density at radius 2 is 1.74 bits per heavy atom. The van der Waals surface area contributed by atoms with Crippen molar-refractivity contribution in [2.75, 3.05) is 11.9 Å². The van der Waals surface area contributed by atoms with E-state index in [1.165, 1.54) is 6.92 Å². The summed E-state index contributed by atoms with van der Waals surface area (Å²) >= 11 is 12.7. The third kappa shape index (κ3) is 5.95. The largest absolute Gasteiger partial charge is 0.456 e. The molecule has 39 heavy (non-hydrogen) atoms. The number of ether oxygens (including phenoxy) is 1. The van der Waals surface area contributed by atoms with Crippen molar-refractivity contribution in [1.29, 1.82) is 0 Å². The molecule has 2 aromatic carbocycles. The fourth-order valence-electron chi connectivity index (χ4n) is 3.81. The summed E-state index contributed by atoms with van der Waals surface area (Å²) in [6, 6.07) is 13.6. The van der Waals surface area contributed by atoms with E-state index in [-0.39, 0.29) is 22.9 Å². The maximum atomic E-state index is 13.4. The number of nitrogens with one attached hydrogen (secondary N) is 1. The van der Waals surface area contributed by atoms with Crippen molar-refractivity contribution in [3.05, 3.63) is 75.8 Å². The summed E-state index contributed by atoms with van der Waals surface area (Å²) in [5, 5.41) is 3.87. The molecule has 4 aromatic rings. The molecule has 0 unspecified atom stereocenters. The lowest BCUT2D eigenvalue weighted by atomic mass is 9.88. The number of rotatable bonds is 6. The Balaban J connectivity index is 2.00. The highest BCUT2D eigenvalue weighted by Crippen LogP contribution is 2.42. The number of hydrogen-bond acceptors (Lipinski definition) is 6. The number of hydrogen-bond donors (Lipinski definition) is 1. The molecule has 0 saturated heterocycles. The fraction of sp³-hybridized carbons (Fsp3) is 0.207. The van der Waals surface area contributed by atoms with Gasteiger partial charge in [-0.15, -0.1) is 0 Å². The minimum atomic E-state index is -0.843. The molecule has 4 rings (SSSR count). The van der Waals surface area contributed by atoms with Crippen molar-refractivity contribution in [3.63, 3.8) is 0 Å². The van der Waals surface area contributed by atoms with Gasteiger partial charge in [-0.25, -0.2) is 9.83 Å². The topological polar surface area (TPSA) is 103 Å².